The summed E-state index contributed by atoms with van der Waals surface area (Å²) in [5.41, 5.74) is 8.13. The van der Waals surface area contributed by atoms with Gasteiger partial charge in [0.05, 0.1) is 11.1 Å². The Balaban J connectivity index is 2.14. The van der Waals surface area contributed by atoms with E-state index in [0.29, 0.717) is 0 Å². The molecule has 0 aliphatic carbocycles. The number of aromatic nitrogens is 3. The number of hydrogen-bond acceptors (Lipinski definition) is 1. The van der Waals surface area contributed by atoms with Crippen molar-refractivity contribution < 1.29 is 4.57 Å². The minimum Gasteiger partial charge on any atom is -0.299 e. The predicted molar refractivity (Wildman–Crippen MR) is 88.8 cm³/mol. The number of nitrogens with zero attached hydrogens (tertiary/aromatic N) is 3. The Kier molecular flexibility index (Phi) is 2.76. The second-order valence-electron chi connectivity index (χ2n) is 5.87. The van der Waals surface area contributed by atoms with Gasteiger partial charge in [0.1, 0.15) is 12.7 Å². The molecule has 22 heavy (non-hydrogen) atoms. The molecule has 0 radical (unpaired) electrons. The van der Waals surface area contributed by atoms with Gasteiger partial charge in [-0.25, -0.2) is 4.98 Å². The van der Waals surface area contributed by atoms with Crippen LogP contribution in [0.25, 0.3) is 27.9 Å². The average Bonchev–Trinajstić information content (AvgIpc) is 2.87. The van der Waals surface area contributed by atoms with Gasteiger partial charge in [0.25, 0.3) is 0 Å². The summed E-state index contributed by atoms with van der Waals surface area (Å²) in [7, 11) is 2.08. The number of hydrogen-bond donors (Lipinski definition) is 0. The Bertz CT molecular complexity index is 1010. The molecule has 0 saturated heterocycles. The van der Waals surface area contributed by atoms with Crippen molar-refractivity contribution in [3.8, 4) is 11.3 Å². The van der Waals surface area contributed by atoms with E-state index in [-0.39, 0.29) is 0 Å². The lowest BCUT2D eigenvalue weighted by atomic mass is 10.0. The Morgan fingerprint density at radius 2 is 1.91 bits per heavy atom. The molecule has 0 fully saturated rings. The minimum absolute atomic E-state index is 0.981. The highest BCUT2D eigenvalue weighted by Gasteiger charge is 2.20. The van der Waals surface area contributed by atoms with E-state index in [1.807, 2.05) is 18.2 Å². The van der Waals surface area contributed by atoms with Gasteiger partial charge < -0.3 is 0 Å². The van der Waals surface area contributed by atoms with Crippen molar-refractivity contribution in [2.75, 3.05) is 0 Å². The summed E-state index contributed by atoms with van der Waals surface area (Å²) in [5.74, 6) is 0. The van der Waals surface area contributed by atoms with E-state index in [1.54, 1.807) is 0 Å². The molecule has 108 valence electrons. The predicted octanol–water partition coefficient (Wildman–Crippen LogP) is 3.60. The number of fused-ring (bicyclic) bond motifs is 3. The third-order valence-electron chi connectivity index (χ3n) is 4.24. The Labute approximate surface area is 129 Å². The van der Waals surface area contributed by atoms with Gasteiger partial charge in [0.2, 0.25) is 5.69 Å². The molecule has 3 heterocycles. The molecule has 4 aromatic rings. The van der Waals surface area contributed by atoms with Crippen LogP contribution in [0, 0.1) is 13.8 Å². The fraction of sp³-hybridized carbons (Fsp3) is 0.158. The van der Waals surface area contributed by atoms with E-state index < -0.39 is 0 Å². The van der Waals surface area contributed by atoms with Gasteiger partial charge in [-0.3, -0.25) is 4.40 Å². The van der Waals surface area contributed by atoms with Gasteiger partial charge in [0.15, 0.2) is 11.7 Å². The molecule has 0 spiro atoms. The molecule has 0 saturated carbocycles. The SMILES string of the molecule is Cc1ccc(-c2c3nc4ccccn4c3cc[n+]2C)c(C)c1. The maximum Gasteiger partial charge on any atom is 0.240 e. The van der Waals surface area contributed by atoms with E-state index in [9.17, 15) is 0 Å². The first-order chi connectivity index (χ1) is 10.6. The fourth-order valence-electron chi connectivity index (χ4n) is 3.17. The Hall–Kier alpha value is -2.68. The molecule has 0 N–H and O–H groups in total. The number of rotatable bonds is 1. The van der Waals surface area contributed by atoms with E-state index in [4.69, 9.17) is 4.98 Å². The number of aryl methyl sites for hydroxylation is 3. The normalized spacial score (nSPS) is 11.4. The van der Waals surface area contributed by atoms with Crippen LogP contribution in [-0.2, 0) is 7.05 Å². The van der Waals surface area contributed by atoms with Gasteiger partial charge >= 0.3 is 0 Å². The van der Waals surface area contributed by atoms with E-state index in [2.05, 4.69) is 66.5 Å². The van der Waals surface area contributed by atoms with E-state index >= 15 is 0 Å². The highest BCUT2D eigenvalue weighted by atomic mass is 15.0. The van der Waals surface area contributed by atoms with Crippen molar-refractivity contribution in [3.05, 3.63) is 66.0 Å². The van der Waals surface area contributed by atoms with Gasteiger partial charge in [-0.2, -0.15) is 4.57 Å². The third kappa shape index (κ3) is 1.82. The molecular weight excluding hydrogens is 270 g/mol. The molecule has 3 aromatic heterocycles. The van der Waals surface area contributed by atoms with Gasteiger partial charge in [-0.05, 0) is 37.6 Å². The summed E-state index contributed by atoms with van der Waals surface area (Å²) in [6, 6.07) is 14.8. The first-order valence-electron chi connectivity index (χ1n) is 7.48. The average molecular weight is 288 g/mol. The lowest BCUT2D eigenvalue weighted by Crippen LogP contribution is -2.30. The molecule has 3 nitrogen and oxygen atoms in total. The largest absolute Gasteiger partial charge is 0.299 e. The van der Waals surface area contributed by atoms with Crippen molar-refractivity contribution in [2.45, 2.75) is 13.8 Å². The number of pyridine rings is 2. The second-order valence-corrected chi connectivity index (χ2v) is 5.87. The van der Waals surface area contributed by atoms with Gasteiger partial charge in [-0.15, -0.1) is 0 Å². The van der Waals surface area contributed by atoms with Crippen molar-refractivity contribution in [1.29, 1.82) is 0 Å². The van der Waals surface area contributed by atoms with Crippen LogP contribution in [0.5, 0.6) is 0 Å². The van der Waals surface area contributed by atoms with Crippen LogP contribution in [0.1, 0.15) is 11.1 Å². The first kappa shape index (κ1) is 13.0. The van der Waals surface area contributed by atoms with Crippen LogP contribution in [0.15, 0.2) is 54.9 Å². The summed E-state index contributed by atoms with van der Waals surface area (Å²) in [5, 5.41) is 0. The minimum atomic E-state index is 0.981. The molecule has 3 heteroatoms. The quantitative estimate of drug-likeness (QED) is 0.490. The number of imidazole rings is 1. The van der Waals surface area contributed by atoms with Crippen molar-refractivity contribution in [2.24, 2.45) is 7.05 Å². The van der Waals surface area contributed by atoms with Crippen molar-refractivity contribution >= 4 is 16.7 Å². The highest BCUT2D eigenvalue weighted by molar-refractivity contribution is 5.91. The molecule has 1 aromatic carbocycles. The summed E-state index contributed by atoms with van der Waals surface area (Å²) < 4.78 is 4.30. The van der Waals surface area contributed by atoms with Crippen LogP contribution < -0.4 is 4.57 Å². The standard InChI is InChI=1S/C19H18N3/c1-13-7-8-15(14(2)12-13)19-18-16(9-11-21(19)3)22-10-5-4-6-17(22)20-18/h4-12H,1-3H3/q+1. The fourth-order valence-corrected chi connectivity index (χ4v) is 3.17. The first-order valence-corrected chi connectivity index (χ1v) is 7.48. The monoisotopic (exact) mass is 288 g/mol. The van der Waals surface area contributed by atoms with Crippen molar-refractivity contribution in [3.63, 3.8) is 0 Å². The summed E-state index contributed by atoms with van der Waals surface area (Å²) >= 11 is 0. The van der Waals surface area contributed by atoms with Gasteiger partial charge in [0, 0.05) is 12.3 Å². The van der Waals surface area contributed by atoms with Gasteiger partial charge in [-0.1, -0.05) is 23.8 Å². The maximum absolute atomic E-state index is 4.86. The number of benzene rings is 1. The van der Waals surface area contributed by atoms with Crippen molar-refractivity contribution in [1.82, 2.24) is 9.38 Å². The molecule has 4 rings (SSSR count). The topological polar surface area (TPSA) is 21.2 Å². The zero-order valence-electron chi connectivity index (χ0n) is 13.0. The Morgan fingerprint density at radius 1 is 1.05 bits per heavy atom. The molecule has 0 aliphatic heterocycles. The Morgan fingerprint density at radius 3 is 2.73 bits per heavy atom. The summed E-state index contributed by atoms with van der Waals surface area (Å²) in [6.07, 6.45) is 4.18. The highest BCUT2D eigenvalue weighted by Crippen LogP contribution is 2.28. The molecular formula is C19H18N3+. The van der Waals surface area contributed by atoms with Crippen LogP contribution in [0.3, 0.4) is 0 Å². The summed E-state index contributed by atoms with van der Waals surface area (Å²) in [6.45, 7) is 4.29. The van der Waals surface area contributed by atoms with E-state index in [1.165, 1.54) is 22.4 Å². The van der Waals surface area contributed by atoms with E-state index in [0.717, 1.165) is 16.7 Å². The molecule has 0 amide bonds. The molecule has 0 atom stereocenters. The zero-order chi connectivity index (χ0) is 15.3. The van der Waals surface area contributed by atoms with Crippen LogP contribution in [0.2, 0.25) is 0 Å². The lowest BCUT2D eigenvalue weighted by molar-refractivity contribution is -0.659. The smallest absolute Gasteiger partial charge is 0.240 e. The second kappa shape index (κ2) is 4.67. The summed E-state index contributed by atoms with van der Waals surface area (Å²) in [4.78, 5) is 4.86. The third-order valence-corrected chi connectivity index (χ3v) is 4.24. The van der Waals surface area contributed by atoms with Crippen LogP contribution in [-0.4, -0.2) is 9.38 Å². The van der Waals surface area contributed by atoms with Crippen LogP contribution >= 0.6 is 0 Å². The molecule has 0 unspecified atom stereocenters. The lowest BCUT2D eigenvalue weighted by Gasteiger charge is -2.06. The molecule has 0 aliphatic rings. The molecule has 0 bridgehead atoms. The zero-order valence-corrected chi connectivity index (χ0v) is 13.0. The van der Waals surface area contributed by atoms with Crippen LogP contribution in [0.4, 0.5) is 0 Å². The maximum atomic E-state index is 4.86.